The Balaban J connectivity index is 1.80. The Hall–Kier alpha value is -3.15. The molecule has 0 unspecified atom stereocenters. The average molecular weight is 353 g/mol. The highest BCUT2D eigenvalue weighted by molar-refractivity contribution is 5.94. The van der Waals surface area contributed by atoms with Crippen molar-refractivity contribution in [3.63, 3.8) is 0 Å². The Kier molecular flexibility index (Phi) is 6.91. The molecular weight excluding hydrogens is 330 g/mol. The van der Waals surface area contributed by atoms with Gasteiger partial charge in [0.15, 0.2) is 0 Å². The number of hydrogen-bond donors (Lipinski definition) is 2. The Morgan fingerprint density at radius 2 is 1.81 bits per heavy atom. The fourth-order valence-corrected chi connectivity index (χ4v) is 2.31. The number of hydrogen-bond acceptors (Lipinski definition) is 4. The molecule has 2 rings (SSSR count). The molecule has 26 heavy (non-hydrogen) atoms. The van der Waals surface area contributed by atoms with E-state index in [9.17, 15) is 9.59 Å². The van der Waals surface area contributed by atoms with Crippen LogP contribution >= 0.6 is 0 Å². The maximum absolute atomic E-state index is 12.0. The number of hydrazone groups is 1. The summed E-state index contributed by atoms with van der Waals surface area (Å²) in [5, 5.41) is 6.73. The summed E-state index contributed by atoms with van der Waals surface area (Å²) in [7, 11) is 1.57. The van der Waals surface area contributed by atoms with Gasteiger partial charge in [-0.15, -0.1) is 0 Å². The molecule has 2 N–H and O–H groups in total. The molecule has 0 bridgehead atoms. The van der Waals surface area contributed by atoms with Gasteiger partial charge >= 0.3 is 0 Å². The number of carbonyl (C=O) groups is 2. The number of methoxy groups -OCH3 is 1. The fourth-order valence-electron chi connectivity index (χ4n) is 2.31. The molecule has 0 fully saturated rings. The van der Waals surface area contributed by atoms with E-state index >= 15 is 0 Å². The van der Waals surface area contributed by atoms with Gasteiger partial charge in [-0.2, -0.15) is 5.10 Å². The first-order valence-corrected chi connectivity index (χ1v) is 8.31. The van der Waals surface area contributed by atoms with Crippen LogP contribution in [0.3, 0.4) is 0 Å². The van der Waals surface area contributed by atoms with Gasteiger partial charge in [0, 0.05) is 24.1 Å². The third-order valence-corrected chi connectivity index (χ3v) is 3.78. The number of amides is 2. The van der Waals surface area contributed by atoms with Crippen LogP contribution in [0.1, 0.15) is 29.5 Å². The number of anilines is 1. The molecule has 2 aromatic carbocycles. The molecule has 6 nitrogen and oxygen atoms in total. The van der Waals surface area contributed by atoms with Crippen LogP contribution in [0, 0.1) is 13.8 Å². The number of para-hydroxylation sites is 1. The van der Waals surface area contributed by atoms with E-state index in [0.29, 0.717) is 5.75 Å². The summed E-state index contributed by atoms with van der Waals surface area (Å²) in [5.41, 5.74) is 5.98. The lowest BCUT2D eigenvalue weighted by Crippen LogP contribution is -2.21. The number of ether oxygens (including phenoxy) is 1. The van der Waals surface area contributed by atoms with Gasteiger partial charge in [0.2, 0.25) is 11.8 Å². The van der Waals surface area contributed by atoms with Crippen LogP contribution < -0.4 is 15.5 Å². The molecule has 0 aliphatic rings. The van der Waals surface area contributed by atoms with Crippen LogP contribution in [-0.4, -0.2) is 25.1 Å². The van der Waals surface area contributed by atoms with E-state index in [1.807, 2.05) is 50.2 Å². The third kappa shape index (κ3) is 5.73. The lowest BCUT2D eigenvalue weighted by Gasteiger charge is -2.09. The Bertz CT molecular complexity index is 816. The normalized spacial score (nSPS) is 10.6. The monoisotopic (exact) mass is 353 g/mol. The first-order valence-electron chi connectivity index (χ1n) is 8.31. The maximum Gasteiger partial charge on any atom is 0.240 e. The quantitative estimate of drug-likeness (QED) is 0.593. The largest absolute Gasteiger partial charge is 0.496 e. The standard InChI is InChI=1S/C20H23N3O3/c1-14-8-9-15(2)17(12-14)22-19(24)10-11-20(25)23-21-13-16-6-4-5-7-18(16)26-3/h4-9,12-13H,10-11H2,1-3H3,(H,22,24)(H,23,25). The van der Waals surface area contributed by atoms with Crippen LogP contribution in [0.5, 0.6) is 5.75 Å². The number of nitrogens with zero attached hydrogens (tertiary/aromatic N) is 1. The molecule has 0 atom stereocenters. The highest BCUT2D eigenvalue weighted by Crippen LogP contribution is 2.17. The summed E-state index contributed by atoms with van der Waals surface area (Å²) in [6.45, 7) is 3.89. The van der Waals surface area contributed by atoms with Gasteiger partial charge in [-0.25, -0.2) is 5.43 Å². The molecule has 0 saturated heterocycles. The summed E-state index contributed by atoms with van der Waals surface area (Å²) in [4.78, 5) is 23.8. The number of carbonyl (C=O) groups excluding carboxylic acids is 2. The molecule has 0 spiro atoms. The molecule has 136 valence electrons. The maximum atomic E-state index is 12.0. The van der Waals surface area contributed by atoms with E-state index in [0.717, 1.165) is 22.4 Å². The molecule has 0 heterocycles. The summed E-state index contributed by atoms with van der Waals surface area (Å²) >= 11 is 0. The van der Waals surface area contributed by atoms with Crippen molar-refractivity contribution in [2.45, 2.75) is 26.7 Å². The van der Waals surface area contributed by atoms with Crippen molar-refractivity contribution in [3.8, 4) is 5.75 Å². The van der Waals surface area contributed by atoms with Gasteiger partial charge in [0.1, 0.15) is 5.75 Å². The molecule has 0 aromatic heterocycles. The smallest absolute Gasteiger partial charge is 0.240 e. The number of rotatable bonds is 7. The SMILES string of the molecule is COc1ccccc1C=NNC(=O)CCC(=O)Nc1cc(C)ccc1C. The zero-order chi connectivity index (χ0) is 18.9. The minimum absolute atomic E-state index is 0.0555. The first-order chi connectivity index (χ1) is 12.5. The van der Waals surface area contributed by atoms with Gasteiger partial charge < -0.3 is 10.1 Å². The van der Waals surface area contributed by atoms with Gasteiger partial charge in [-0.3, -0.25) is 9.59 Å². The molecule has 0 aliphatic carbocycles. The van der Waals surface area contributed by atoms with Gasteiger partial charge in [0.05, 0.1) is 13.3 Å². The summed E-state index contributed by atoms with van der Waals surface area (Å²) in [6, 6.07) is 13.2. The van der Waals surface area contributed by atoms with Crippen molar-refractivity contribution in [1.82, 2.24) is 5.43 Å². The van der Waals surface area contributed by atoms with E-state index < -0.39 is 0 Å². The van der Waals surface area contributed by atoms with E-state index in [-0.39, 0.29) is 24.7 Å². The van der Waals surface area contributed by atoms with E-state index in [1.54, 1.807) is 13.2 Å². The minimum atomic E-state index is -0.327. The Morgan fingerprint density at radius 1 is 1.08 bits per heavy atom. The van der Waals surface area contributed by atoms with Gasteiger partial charge in [-0.1, -0.05) is 24.3 Å². The second-order valence-electron chi connectivity index (χ2n) is 5.90. The molecule has 0 radical (unpaired) electrons. The molecule has 2 amide bonds. The van der Waals surface area contributed by atoms with Crippen LogP contribution in [0.4, 0.5) is 5.69 Å². The predicted octanol–water partition coefficient (Wildman–Crippen LogP) is 3.18. The molecule has 2 aromatic rings. The van der Waals surface area contributed by atoms with Crippen molar-refractivity contribution < 1.29 is 14.3 Å². The van der Waals surface area contributed by atoms with Crippen molar-refractivity contribution in [1.29, 1.82) is 0 Å². The van der Waals surface area contributed by atoms with Crippen molar-refractivity contribution in [2.24, 2.45) is 5.10 Å². The molecule has 0 saturated carbocycles. The van der Waals surface area contributed by atoms with E-state index in [4.69, 9.17) is 4.74 Å². The van der Waals surface area contributed by atoms with Crippen LogP contribution in [-0.2, 0) is 9.59 Å². The zero-order valence-electron chi connectivity index (χ0n) is 15.2. The number of aryl methyl sites for hydroxylation is 2. The second-order valence-corrected chi connectivity index (χ2v) is 5.90. The predicted molar refractivity (Wildman–Crippen MR) is 103 cm³/mol. The molecule has 0 aliphatic heterocycles. The number of nitrogens with one attached hydrogen (secondary N) is 2. The topological polar surface area (TPSA) is 79.8 Å². The van der Waals surface area contributed by atoms with Gasteiger partial charge in [-0.05, 0) is 43.2 Å². The van der Waals surface area contributed by atoms with E-state index in [1.165, 1.54) is 6.21 Å². The molecular formula is C20H23N3O3. The van der Waals surface area contributed by atoms with Crippen LogP contribution in [0.2, 0.25) is 0 Å². The van der Waals surface area contributed by atoms with Crippen LogP contribution in [0.25, 0.3) is 0 Å². The highest BCUT2D eigenvalue weighted by Gasteiger charge is 2.08. The summed E-state index contributed by atoms with van der Waals surface area (Å²) in [6.07, 6.45) is 1.65. The Morgan fingerprint density at radius 3 is 2.58 bits per heavy atom. The Labute approximate surface area is 153 Å². The average Bonchev–Trinajstić information content (AvgIpc) is 2.63. The highest BCUT2D eigenvalue weighted by atomic mass is 16.5. The van der Waals surface area contributed by atoms with Crippen molar-refractivity contribution >= 4 is 23.7 Å². The van der Waals surface area contributed by atoms with E-state index in [2.05, 4.69) is 15.8 Å². The van der Waals surface area contributed by atoms with Gasteiger partial charge in [0.25, 0.3) is 0 Å². The summed E-state index contributed by atoms with van der Waals surface area (Å²) in [5.74, 6) is 0.133. The molecule has 6 heteroatoms. The lowest BCUT2D eigenvalue weighted by molar-refractivity contribution is -0.124. The first kappa shape index (κ1) is 19.2. The number of benzene rings is 2. The van der Waals surface area contributed by atoms with Crippen molar-refractivity contribution in [2.75, 3.05) is 12.4 Å². The summed E-state index contributed by atoms with van der Waals surface area (Å²) < 4.78 is 5.20. The fraction of sp³-hybridized carbons (Fsp3) is 0.250. The van der Waals surface area contributed by atoms with Crippen LogP contribution in [0.15, 0.2) is 47.6 Å². The zero-order valence-corrected chi connectivity index (χ0v) is 15.2. The van der Waals surface area contributed by atoms with Crippen molar-refractivity contribution in [3.05, 3.63) is 59.2 Å². The second kappa shape index (κ2) is 9.36. The third-order valence-electron chi connectivity index (χ3n) is 3.78. The lowest BCUT2D eigenvalue weighted by atomic mass is 10.1. The minimum Gasteiger partial charge on any atom is -0.496 e.